The lowest BCUT2D eigenvalue weighted by Gasteiger charge is -2.48. The van der Waals surface area contributed by atoms with E-state index in [0.29, 0.717) is 11.8 Å². The van der Waals surface area contributed by atoms with Crippen LogP contribution in [-0.4, -0.2) is 15.4 Å². The second kappa shape index (κ2) is 6.18. The highest BCUT2D eigenvalue weighted by atomic mass is 16.5. The molecule has 0 amide bonds. The van der Waals surface area contributed by atoms with Crippen LogP contribution in [0.1, 0.15) is 47.4 Å². The minimum atomic E-state index is -0.170. The van der Waals surface area contributed by atoms with Crippen molar-refractivity contribution in [2.75, 3.05) is 0 Å². The van der Waals surface area contributed by atoms with Crippen LogP contribution in [0.2, 0.25) is 0 Å². The highest BCUT2D eigenvalue weighted by molar-refractivity contribution is 5.66. The Morgan fingerprint density at radius 2 is 2.00 bits per heavy atom. The van der Waals surface area contributed by atoms with E-state index in [1.54, 1.807) is 0 Å². The number of aromatic amines is 1. The molecule has 0 unspecified atom stereocenters. The van der Waals surface area contributed by atoms with Crippen LogP contribution in [0.4, 0.5) is 0 Å². The summed E-state index contributed by atoms with van der Waals surface area (Å²) in [6, 6.07) is 22.4. The minimum absolute atomic E-state index is 0.170. The van der Waals surface area contributed by atoms with Crippen LogP contribution in [0.15, 0.2) is 65.3 Å². The van der Waals surface area contributed by atoms with E-state index in [1.165, 1.54) is 22.4 Å². The van der Waals surface area contributed by atoms with Gasteiger partial charge in [-0.2, -0.15) is 5.10 Å². The Morgan fingerprint density at radius 1 is 1.14 bits per heavy atom. The van der Waals surface area contributed by atoms with Crippen molar-refractivity contribution in [1.29, 1.82) is 0 Å². The monoisotopic (exact) mass is 380 g/mol. The van der Waals surface area contributed by atoms with Gasteiger partial charge in [0.05, 0.1) is 17.6 Å². The first-order valence-electron chi connectivity index (χ1n) is 10.3. The molecule has 2 aliphatic rings. The van der Waals surface area contributed by atoms with Crippen molar-refractivity contribution < 1.29 is 4.52 Å². The number of hydrogen-bond donors (Lipinski definition) is 1. The molecular weight excluding hydrogens is 358 g/mol. The van der Waals surface area contributed by atoms with Gasteiger partial charge in [0.2, 0.25) is 0 Å². The highest BCUT2D eigenvalue weighted by Gasteiger charge is 2.54. The normalized spacial score (nSPS) is 25.1. The largest absolute Gasteiger partial charge is 0.361 e. The van der Waals surface area contributed by atoms with E-state index in [-0.39, 0.29) is 5.41 Å². The lowest BCUT2D eigenvalue weighted by molar-refractivity contribution is 0.190. The Balaban J connectivity index is 1.61. The number of H-pyrrole nitrogens is 1. The van der Waals surface area contributed by atoms with Crippen molar-refractivity contribution in [2.24, 2.45) is 5.92 Å². The van der Waals surface area contributed by atoms with E-state index in [0.717, 1.165) is 36.3 Å². The summed E-state index contributed by atoms with van der Waals surface area (Å²) < 4.78 is 5.68. The SMILES string of the molecule is C[C@@H]1c2oncc2C[C@]2(c3ccccc3)c3n[nH]c(-c4[c]cccc4)c3CC[C@@H]12. The zero-order valence-electron chi connectivity index (χ0n) is 16.4. The number of nitrogens with zero attached hydrogens (tertiary/aromatic N) is 2. The predicted octanol–water partition coefficient (Wildman–Crippen LogP) is 5.07. The molecular formula is C25H22N3O. The molecule has 1 radical (unpaired) electrons. The molecule has 2 aliphatic carbocycles. The maximum atomic E-state index is 5.68. The Bertz CT molecular complexity index is 1160. The predicted molar refractivity (Wildman–Crippen MR) is 111 cm³/mol. The van der Waals surface area contributed by atoms with Crippen molar-refractivity contribution >= 4 is 0 Å². The van der Waals surface area contributed by atoms with Gasteiger partial charge in [-0.1, -0.05) is 66.7 Å². The van der Waals surface area contributed by atoms with E-state index in [2.05, 4.69) is 65.7 Å². The highest BCUT2D eigenvalue weighted by Crippen LogP contribution is 2.57. The molecule has 4 nitrogen and oxygen atoms in total. The Labute approximate surface area is 170 Å². The number of nitrogens with one attached hydrogen (secondary N) is 1. The molecule has 29 heavy (non-hydrogen) atoms. The van der Waals surface area contributed by atoms with Crippen LogP contribution in [0, 0.1) is 12.0 Å². The lowest BCUT2D eigenvalue weighted by atomic mass is 9.53. The summed E-state index contributed by atoms with van der Waals surface area (Å²) in [6.07, 6.45) is 4.89. The maximum absolute atomic E-state index is 5.68. The van der Waals surface area contributed by atoms with Gasteiger partial charge >= 0.3 is 0 Å². The van der Waals surface area contributed by atoms with Gasteiger partial charge in [-0.25, -0.2) is 0 Å². The molecule has 0 bridgehead atoms. The third kappa shape index (κ3) is 2.26. The standard InChI is InChI=1S/C25H22N3O/c1-16-21-13-12-20-22(17-8-4-2-5-9-17)27-28-24(20)25(21,19-10-6-3-7-11-19)14-18-15-26-29-23(16)18/h2-8,10-11,15-16,21H,12-14H2,1H3,(H,27,28)/t16-,21-,25+/m0/s1. The van der Waals surface area contributed by atoms with E-state index >= 15 is 0 Å². The molecule has 6 rings (SSSR count). The van der Waals surface area contributed by atoms with Crippen molar-refractivity contribution in [1.82, 2.24) is 15.4 Å². The zero-order chi connectivity index (χ0) is 19.4. The molecule has 2 aromatic heterocycles. The average molecular weight is 380 g/mol. The van der Waals surface area contributed by atoms with Crippen LogP contribution in [0.3, 0.4) is 0 Å². The summed E-state index contributed by atoms with van der Waals surface area (Å²) in [5, 5.41) is 12.5. The van der Waals surface area contributed by atoms with Gasteiger partial charge in [-0.05, 0) is 36.8 Å². The van der Waals surface area contributed by atoms with Crippen molar-refractivity contribution in [3.63, 3.8) is 0 Å². The molecule has 4 aromatic rings. The summed E-state index contributed by atoms with van der Waals surface area (Å²) in [6.45, 7) is 2.29. The van der Waals surface area contributed by atoms with E-state index in [1.807, 2.05) is 18.3 Å². The Kier molecular flexibility index (Phi) is 3.58. The second-order valence-electron chi connectivity index (χ2n) is 8.37. The molecule has 2 heterocycles. The molecule has 0 aliphatic heterocycles. The fourth-order valence-electron chi connectivity index (χ4n) is 5.81. The van der Waals surface area contributed by atoms with Crippen LogP contribution in [0.25, 0.3) is 11.3 Å². The van der Waals surface area contributed by atoms with Gasteiger partial charge in [0, 0.05) is 28.0 Å². The smallest absolute Gasteiger partial charge is 0.143 e. The second-order valence-corrected chi connectivity index (χ2v) is 8.37. The van der Waals surface area contributed by atoms with Crippen molar-refractivity contribution in [3.8, 4) is 11.3 Å². The van der Waals surface area contributed by atoms with Crippen molar-refractivity contribution in [3.05, 3.63) is 95.0 Å². The third-order valence-electron chi connectivity index (χ3n) is 7.06. The molecule has 4 heteroatoms. The quantitative estimate of drug-likeness (QED) is 0.528. The number of rotatable bonds is 2. The Morgan fingerprint density at radius 3 is 2.83 bits per heavy atom. The summed E-state index contributed by atoms with van der Waals surface area (Å²) >= 11 is 0. The molecule has 143 valence electrons. The topological polar surface area (TPSA) is 54.7 Å². The van der Waals surface area contributed by atoms with Gasteiger partial charge in [-0.15, -0.1) is 0 Å². The summed E-state index contributed by atoms with van der Waals surface area (Å²) in [5.74, 6) is 1.78. The number of benzene rings is 2. The Hall–Kier alpha value is -3.14. The van der Waals surface area contributed by atoms with E-state index in [9.17, 15) is 0 Å². The molecule has 0 saturated carbocycles. The van der Waals surface area contributed by atoms with Crippen LogP contribution < -0.4 is 0 Å². The first-order chi connectivity index (χ1) is 14.3. The van der Waals surface area contributed by atoms with Crippen molar-refractivity contribution in [2.45, 2.75) is 37.5 Å². The summed E-state index contributed by atoms with van der Waals surface area (Å²) in [7, 11) is 0. The molecule has 0 spiro atoms. The van der Waals surface area contributed by atoms with Gasteiger partial charge in [-0.3, -0.25) is 5.10 Å². The molecule has 1 N–H and O–H groups in total. The fourth-order valence-corrected chi connectivity index (χ4v) is 5.81. The van der Waals surface area contributed by atoms with Gasteiger partial charge < -0.3 is 4.52 Å². The van der Waals surface area contributed by atoms with E-state index < -0.39 is 0 Å². The molecule has 2 aromatic carbocycles. The number of hydrogen-bond acceptors (Lipinski definition) is 3. The first kappa shape index (κ1) is 16.8. The molecule has 3 atom stereocenters. The minimum Gasteiger partial charge on any atom is -0.361 e. The summed E-state index contributed by atoms with van der Waals surface area (Å²) in [4.78, 5) is 0. The van der Waals surface area contributed by atoms with Gasteiger partial charge in [0.25, 0.3) is 0 Å². The number of aromatic nitrogens is 3. The fraction of sp³-hybridized carbons (Fsp3) is 0.280. The lowest BCUT2D eigenvalue weighted by Crippen LogP contribution is -2.47. The molecule has 0 fully saturated rings. The maximum Gasteiger partial charge on any atom is 0.143 e. The average Bonchev–Trinajstić information content (AvgIpc) is 3.42. The summed E-state index contributed by atoms with van der Waals surface area (Å²) in [5.41, 5.74) is 7.08. The van der Waals surface area contributed by atoms with Crippen LogP contribution in [0.5, 0.6) is 0 Å². The number of fused-ring (bicyclic) bond motifs is 4. The van der Waals surface area contributed by atoms with Gasteiger partial charge in [0.1, 0.15) is 5.76 Å². The molecule has 0 saturated heterocycles. The first-order valence-corrected chi connectivity index (χ1v) is 10.3. The third-order valence-corrected chi connectivity index (χ3v) is 7.06. The van der Waals surface area contributed by atoms with E-state index in [4.69, 9.17) is 9.62 Å². The van der Waals surface area contributed by atoms with Gasteiger partial charge in [0.15, 0.2) is 0 Å². The van der Waals surface area contributed by atoms with Crippen LogP contribution in [-0.2, 0) is 18.3 Å². The van der Waals surface area contributed by atoms with Crippen LogP contribution >= 0.6 is 0 Å². The zero-order valence-corrected chi connectivity index (χ0v) is 16.4.